The zero-order chi connectivity index (χ0) is 19.4. The van der Waals surface area contributed by atoms with E-state index < -0.39 is 36.3 Å². The molecule has 12 nitrogen and oxygen atoms in total. The van der Waals surface area contributed by atoms with Crippen molar-refractivity contribution in [1.29, 1.82) is 0 Å². The van der Waals surface area contributed by atoms with Gasteiger partial charge in [0.05, 0.1) is 7.11 Å². The Bertz CT molecular complexity index is 448. The number of aliphatic imine (C=N–C) groups is 1. The highest BCUT2D eigenvalue weighted by Crippen LogP contribution is 2.06. The predicted molar refractivity (Wildman–Crippen MR) is 87.5 cm³/mol. The zero-order valence-corrected chi connectivity index (χ0v) is 14.2. The van der Waals surface area contributed by atoms with Gasteiger partial charge in [0.15, 0.2) is 18.2 Å². The topological polar surface area (TPSA) is 199 Å². The first-order valence-corrected chi connectivity index (χ1v) is 7.52. The number of rotatable bonds is 10. The Hall–Kier alpha value is -1.99. The number of esters is 1. The minimum absolute atomic E-state index is 0.0710. The van der Waals surface area contributed by atoms with Crippen molar-refractivity contribution >= 4 is 17.8 Å². The monoisotopic (exact) mass is 365 g/mol. The third-order valence-corrected chi connectivity index (χ3v) is 3.09. The number of nitrogens with two attached hydrogens (primary N) is 1. The average molecular weight is 365 g/mol. The molecule has 9 N–H and O–H groups in total. The highest BCUT2D eigenvalue weighted by Gasteiger charge is 2.37. The lowest BCUT2D eigenvalue weighted by Crippen LogP contribution is -2.53. The number of aliphatic hydroxyl groups is 4. The lowest BCUT2D eigenvalue weighted by molar-refractivity contribution is -0.169. The van der Waals surface area contributed by atoms with Gasteiger partial charge in [-0.1, -0.05) is 0 Å². The van der Waals surface area contributed by atoms with Crippen LogP contribution in [0.3, 0.4) is 0 Å². The highest BCUT2D eigenvalue weighted by molar-refractivity contribution is 5.82. The smallest absolute Gasteiger partial charge is 0.337 e. The number of guanidine groups is 1. The van der Waals surface area contributed by atoms with E-state index in [1.807, 2.05) is 0 Å². The van der Waals surface area contributed by atoms with Crippen LogP contribution in [0.25, 0.3) is 0 Å². The Kier molecular flexibility index (Phi) is 11.4. The van der Waals surface area contributed by atoms with Crippen LogP contribution in [0.4, 0.5) is 0 Å². The molecule has 0 spiro atoms. The van der Waals surface area contributed by atoms with Crippen molar-refractivity contribution in [2.75, 3.05) is 40.3 Å². The minimum atomic E-state index is -2.10. The molecule has 0 saturated carbocycles. The largest absolute Gasteiger partial charge is 0.467 e. The summed E-state index contributed by atoms with van der Waals surface area (Å²) in [6.07, 6.45) is -8.32. The second-order valence-corrected chi connectivity index (χ2v) is 4.90. The van der Waals surface area contributed by atoms with E-state index in [1.165, 1.54) is 0 Å². The van der Waals surface area contributed by atoms with Gasteiger partial charge >= 0.3 is 5.97 Å². The number of carbonyl (C=O) groups is 2. The first-order valence-electron chi connectivity index (χ1n) is 7.52. The van der Waals surface area contributed by atoms with Crippen molar-refractivity contribution in [2.24, 2.45) is 10.7 Å². The SMILES string of the molecule is CN=C(NCCN)NCCNC(=O)[C@@H](O)[C@H](O)[C@H](O)[C@@H](O)C(=O)OC. The second kappa shape index (κ2) is 12.4. The standard InChI is InChI=1S/C13H27N5O7/c1-15-13(17-4-3-14)18-6-5-16-11(23)9(21)7(19)8(20)10(22)12(24)25-2/h7-10,19-22H,3-6,14H2,1-2H3,(H,16,23)(H2,15,17,18)/t7-,8+,9+,10-/m1/s1. The molecule has 0 aliphatic carbocycles. The minimum Gasteiger partial charge on any atom is -0.467 e. The van der Waals surface area contributed by atoms with Crippen molar-refractivity contribution in [3.63, 3.8) is 0 Å². The van der Waals surface area contributed by atoms with Gasteiger partial charge in [-0.2, -0.15) is 0 Å². The fourth-order valence-corrected chi connectivity index (χ4v) is 1.67. The quantitative estimate of drug-likeness (QED) is 0.0801. The maximum Gasteiger partial charge on any atom is 0.337 e. The van der Waals surface area contributed by atoms with Crippen LogP contribution in [0.15, 0.2) is 4.99 Å². The number of methoxy groups -OCH3 is 1. The molecule has 0 aromatic heterocycles. The summed E-state index contributed by atoms with van der Waals surface area (Å²) in [5.74, 6) is -1.73. The summed E-state index contributed by atoms with van der Waals surface area (Å²) in [7, 11) is 2.52. The summed E-state index contributed by atoms with van der Waals surface area (Å²) in [4.78, 5) is 26.7. The Labute approximate surface area is 145 Å². The molecule has 0 radical (unpaired) electrons. The van der Waals surface area contributed by atoms with Crippen LogP contribution in [0.5, 0.6) is 0 Å². The zero-order valence-electron chi connectivity index (χ0n) is 14.2. The Morgan fingerprint density at radius 3 is 2.04 bits per heavy atom. The third-order valence-electron chi connectivity index (χ3n) is 3.09. The number of nitrogens with zero attached hydrogens (tertiary/aromatic N) is 1. The molecule has 0 rings (SSSR count). The molecular formula is C13H27N5O7. The number of ether oxygens (including phenoxy) is 1. The Morgan fingerprint density at radius 1 is 1.00 bits per heavy atom. The van der Waals surface area contributed by atoms with E-state index >= 15 is 0 Å². The Morgan fingerprint density at radius 2 is 1.52 bits per heavy atom. The molecule has 0 heterocycles. The van der Waals surface area contributed by atoms with E-state index in [9.17, 15) is 30.0 Å². The normalized spacial score (nSPS) is 16.4. The maximum absolute atomic E-state index is 11.7. The first-order chi connectivity index (χ1) is 11.8. The van der Waals surface area contributed by atoms with Crippen LogP contribution < -0.4 is 21.7 Å². The molecule has 25 heavy (non-hydrogen) atoms. The highest BCUT2D eigenvalue weighted by atomic mass is 16.5. The average Bonchev–Trinajstić information content (AvgIpc) is 2.63. The van der Waals surface area contributed by atoms with Gasteiger partial charge in [-0.05, 0) is 0 Å². The number of hydrogen-bond donors (Lipinski definition) is 8. The van der Waals surface area contributed by atoms with Crippen LogP contribution in [-0.4, -0.2) is 103 Å². The van der Waals surface area contributed by atoms with Gasteiger partial charge < -0.3 is 46.8 Å². The third kappa shape index (κ3) is 8.09. The van der Waals surface area contributed by atoms with Gasteiger partial charge in [-0.3, -0.25) is 9.79 Å². The van der Waals surface area contributed by atoms with Crippen molar-refractivity contribution in [1.82, 2.24) is 16.0 Å². The number of nitrogens with one attached hydrogen (secondary N) is 3. The van der Waals surface area contributed by atoms with Gasteiger partial charge in [0.1, 0.15) is 12.2 Å². The van der Waals surface area contributed by atoms with E-state index in [0.717, 1.165) is 7.11 Å². The number of aliphatic hydroxyl groups excluding tert-OH is 4. The van der Waals surface area contributed by atoms with Crippen molar-refractivity contribution in [2.45, 2.75) is 24.4 Å². The molecule has 0 saturated heterocycles. The molecule has 0 bridgehead atoms. The molecule has 0 fully saturated rings. The summed E-state index contributed by atoms with van der Waals surface area (Å²) >= 11 is 0. The second-order valence-electron chi connectivity index (χ2n) is 4.90. The number of amides is 1. The fraction of sp³-hybridized carbons (Fsp3) is 0.769. The molecule has 146 valence electrons. The van der Waals surface area contributed by atoms with Crippen molar-refractivity contribution in [3.05, 3.63) is 0 Å². The summed E-state index contributed by atoms with van der Waals surface area (Å²) in [6.45, 7) is 1.26. The molecule has 12 heteroatoms. The van der Waals surface area contributed by atoms with E-state index in [0.29, 0.717) is 19.0 Å². The molecule has 4 atom stereocenters. The predicted octanol–water partition coefficient (Wildman–Crippen LogP) is -5.16. The summed E-state index contributed by atoms with van der Waals surface area (Å²) in [5, 5.41) is 46.4. The van der Waals surface area contributed by atoms with Crippen LogP contribution in [0.2, 0.25) is 0 Å². The molecule has 1 amide bonds. The Balaban J connectivity index is 4.31. The van der Waals surface area contributed by atoms with E-state index in [4.69, 9.17) is 5.73 Å². The van der Waals surface area contributed by atoms with Crippen molar-refractivity contribution < 1.29 is 34.8 Å². The van der Waals surface area contributed by atoms with Crippen LogP contribution >= 0.6 is 0 Å². The van der Waals surface area contributed by atoms with Crippen molar-refractivity contribution in [3.8, 4) is 0 Å². The van der Waals surface area contributed by atoms with E-state index in [2.05, 4.69) is 25.7 Å². The molecule has 0 unspecified atom stereocenters. The lowest BCUT2D eigenvalue weighted by atomic mass is 10.0. The van der Waals surface area contributed by atoms with Gasteiger partial charge in [-0.25, -0.2) is 4.79 Å². The van der Waals surface area contributed by atoms with E-state index in [-0.39, 0.29) is 13.1 Å². The lowest BCUT2D eigenvalue weighted by Gasteiger charge is -2.24. The van der Waals surface area contributed by atoms with Gasteiger partial charge in [0, 0.05) is 33.2 Å². The van der Waals surface area contributed by atoms with Gasteiger partial charge in [0.25, 0.3) is 5.91 Å². The summed E-state index contributed by atoms with van der Waals surface area (Å²) in [6, 6.07) is 0. The van der Waals surface area contributed by atoms with Gasteiger partial charge in [-0.15, -0.1) is 0 Å². The van der Waals surface area contributed by atoms with Gasteiger partial charge in [0.2, 0.25) is 0 Å². The van der Waals surface area contributed by atoms with E-state index in [1.54, 1.807) is 7.05 Å². The molecular weight excluding hydrogens is 338 g/mol. The molecule has 0 aromatic carbocycles. The van der Waals surface area contributed by atoms with Crippen LogP contribution in [-0.2, 0) is 14.3 Å². The fourth-order valence-electron chi connectivity index (χ4n) is 1.67. The van der Waals surface area contributed by atoms with Crippen LogP contribution in [0, 0.1) is 0 Å². The molecule has 0 aliphatic rings. The number of carbonyl (C=O) groups excluding carboxylic acids is 2. The van der Waals surface area contributed by atoms with Crippen LogP contribution in [0.1, 0.15) is 0 Å². The summed E-state index contributed by atoms with van der Waals surface area (Å²) in [5.41, 5.74) is 5.34. The summed E-state index contributed by atoms with van der Waals surface area (Å²) < 4.78 is 4.19. The molecule has 0 aliphatic heterocycles. The first kappa shape index (κ1) is 23.0. The number of hydrogen-bond acceptors (Lipinski definition) is 9. The maximum atomic E-state index is 11.7. The molecule has 0 aromatic rings.